The van der Waals surface area contributed by atoms with Crippen LogP contribution in [-0.4, -0.2) is 19.6 Å². The zero-order valence-corrected chi connectivity index (χ0v) is 13.0. The van der Waals surface area contributed by atoms with Gasteiger partial charge in [-0.1, -0.05) is 35.9 Å². The third-order valence-electron chi connectivity index (χ3n) is 3.84. The van der Waals surface area contributed by atoms with Gasteiger partial charge in [-0.2, -0.15) is 0 Å². The first kappa shape index (κ1) is 13.2. The molecule has 0 aliphatic rings. The average Bonchev–Trinajstić information content (AvgIpc) is 2.95. The summed E-state index contributed by atoms with van der Waals surface area (Å²) in [6.07, 6.45) is 0. The van der Waals surface area contributed by atoms with Crippen LogP contribution in [0.25, 0.3) is 28.1 Å². The van der Waals surface area contributed by atoms with Crippen LogP contribution in [0.15, 0.2) is 42.5 Å². The van der Waals surface area contributed by atoms with Gasteiger partial charge in [0.1, 0.15) is 0 Å². The summed E-state index contributed by atoms with van der Waals surface area (Å²) >= 11 is 6.34. The fraction of sp³-hybridized carbons (Fsp3) is 0.118. The Balaban J connectivity index is 2.21. The second-order valence-corrected chi connectivity index (χ2v) is 5.71. The van der Waals surface area contributed by atoms with Crippen molar-refractivity contribution in [1.29, 1.82) is 0 Å². The fourth-order valence-corrected chi connectivity index (χ4v) is 2.97. The molecule has 4 aromatic rings. The molecule has 0 N–H and O–H groups in total. The molecule has 4 rings (SSSR count). The standard InChI is InChI=1S/C17H13ClN4/c1-10-6-5-9-14-15(10)19-11(2)16-20-21-17(22(14)16)12-7-3-4-8-13(12)18/h3-9H,1-2H3. The molecule has 108 valence electrons. The molecule has 5 heteroatoms. The minimum Gasteiger partial charge on any atom is -0.272 e. The van der Waals surface area contributed by atoms with Gasteiger partial charge in [-0.3, -0.25) is 4.40 Å². The van der Waals surface area contributed by atoms with E-state index in [0.717, 1.165) is 39.3 Å². The van der Waals surface area contributed by atoms with E-state index in [1.54, 1.807) is 0 Å². The molecule has 0 unspecified atom stereocenters. The van der Waals surface area contributed by atoms with Crippen LogP contribution < -0.4 is 0 Å². The van der Waals surface area contributed by atoms with Gasteiger partial charge in [-0.05, 0) is 37.6 Å². The Morgan fingerprint density at radius 1 is 0.955 bits per heavy atom. The van der Waals surface area contributed by atoms with E-state index in [-0.39, 0.29) is 0 Å². The van der Waals surface area contributed by atoms with Crippen LogP contribution in [0.3, 0.4) is 0 Å². The number of aromatic nitrogens is 4. The highest BCUT2D eigenvalue weighted by Gasteiger charge is 2.16. The van der Waals surface area contributed by atoms with Crippen molar-refractivity contribution in [3.8, 4) is 11.4 Å². The molecule has 0 saturated heterocycles. The molecule has 0 aliphatic carbocycles. The SMILES string of the molecule is Cc1cccc2c1nc(C)c1nnc(-c3ccccc3Cl)n12. The molecule has 2 aromatic heterocycles. The van der Waals surface area contributed by atoms with Crippen LogP contribution in [0.5, 0.6) is 0 Å². The third-order valence-corrected chi connectivity index (χ3v) is 4.17. The number of para-hydroxylation sites is 1. The van der Waals surface area contributed by atoms with E-state index in [1.807, 2.05) is 47.7 Å². The molecule has 0 aliphatic heterocycles. The molecule has 0 saturated carbocycles. The average molecular weight is 309 g/mol. The van der Waals surface area contributed by atoms with E-state index in [0.29, 0.717) is 5.02 Å². The summed E-state index contributed by atoms with van der Waals surface area (Å²) in [4.78, 5) is 4.68. The molecule has 22 heavy (non-hydrogen) atoms. The topological polar surface area (TPSA) is 43.1 Å². The van der Waals surface area contributed by atoms with Crippen molar-refractivity contribution in [2.75, 3.05) is 0 Å². The van der Waals surface area contributed by atoms with Crippen LogP contribution >= 0.6 is 11.6 Å². The van der Waals surface area contributed by atoms with Gasteiger partial charge in [-0.15, -0.1) is 10.2 Å². The number of hydrogen-bond donors (Lipinski definition) is 0. The number of fused-ring (bicyclic) bond motifs is 3. The lowest BCUT2D eigenvalue weighted by atomic mass is 10.1. The Labute approximate surface area is 132 Å². The maximum Gasteiger partial charge on any atom is 0.183 e. The van der Waals surface area contributed by atoms with E-state index < -0.39 is 0 Å². The predicted molar refractivity (Wildman–Crippen MR) is 88.2 cm³/mol. The molecule has 0 bridgehead atoms. The number of nitrogens with zero attached hydrogens (tertiary/aromatic N) is 4. The Kier molecular flexibility index (Phi) is 2.87. The van der Waals surface area contributed by atoms with Gasteiger partial charge in [0, 0.05) is 5.56 Å². The second kappa shape index (κ2) is 4.78. The van der Waals surface area contributed by atoms with Crippen molar-refractivity contribution in [3.63, 3.8) is 0 Å². The Bertz CT molecular complexity index is 1020. The highest BCUT2D eigenvalue weighted by molar-refractivity contribution is 6.33. The number of rotatable bonds is 1. The molecule has 0 radical (unpaired) electrons. The van der Waals surface area contributed by atoms with E-state index >= 15 is 0 Å². The maximum absolute atomic E-state index is 6.34. The lowest BCUT2D eigenvalue weighted by Crippen LogP contribution is -1.98. The number of hydrogen-bond acceptors (Lipinski definition) is 3. The van der Waals surface area contributed by atoms with Crippen LogP contribution in [-0.2, 0) is 0 Å². The fourth-order valence-electron chi connectivity index (χ4n) is 2.75. The Hall–Kier alpha value is -2.46. The predicted octanol–water partition coefficient (Wildman–Crippen LogP) is 4.21. The van der Waals surface area contributed by atoms with E-state index in [2.05, 4.69) is 28.2 Å². The molecule has 0 atom stereocenters. The van der Waals surface area contributed by atoms with Crippen LogP contribution in [0.1, 0.15) is 11.3 Å². The highest BCUT2D eigenvalue weighted by Crippen LogP contribution is 2.29. The zero-order valence-electron chi connectivity index (χ0n) is 12.2. The van der Waals surface area contributed by atoms with Crippen LogP contribution in [0.2, 0.25) is 5.02 Å². The minimum absolute atomic E-state index is 0.659. The van der Waals surface area contributed by atoms with Gasteiger partial charge < -0.3 is 0 Å². The normalized spacial score (nSPS) is 11.4. The molecule has 2 aromatic carbocycles. The molecular formula is C17H13ClN4. The van der Waals surface area contributed by atoms with E-state index in [1.165, 1.54) is 0 Å². The molecule has 2 heterocycles. The van der Waals surface area contributed by atoms with Gasteiger partial charge in [0.05, 0.1) is 21.7 Å². The molecule has 0 fully saturated rings. The number of benzene rings is 2. The molecular weight excluding hydrogens is 296 g/mol. The zero-order chi connectivity index (χ0) is 15.3. The van der Waals surface area contributed by atoms with Gasteiger partial charge in [0.15, 0.2) is 11.5 Å². The number of halogens is 1. The first-order valence-electron chi connectivity index (χ1n) is 7.03. The summed E-state index contributed by atoms with van der Waals surface area (Å²) in [5.41, 5.74) is 5.55. The van der Waals surface area contributed by atoms with Crippen molar-refractivity contribution in [2.24, 2.45) is 0 Å². The monoisotopic (exact) mass is 308 g/mol. The molecule has 4 nitrogen and oxygen atoms in total. The largest absolute Gasteiger partial charge is 0.272 e. The summed E-state index contributed by atoms with van der Waals surface area (Å²) in [5, 5.41) is 9.32. The summed E-state index contributed by atoms with van der Waals surface area (Å²) in [5.74, 6) is 0.738. The summed E-state index contributed by atoms with van der Waals surface area (Å²) in [6.45, 7) is 4.01. The quantitative estimate of drug-likeness (QED) is 0.529. The van der Waals surface area contributed by atoms with Crippen molar-refractivity contribution < 1.29 is 0 Å². The van der Waals surface area contributed by atoms with Gasteiger partial charge in [0.25, 0.3) is 0 Å². The van der Waals surface area contributed by atoms with Crippen molar-refractivity contribution in [1.82, 2.24) is 19.6 Å². The van der Waals surface area contributed by atoms with Crippen molar-refractivity contribution >= 4 is 28.3 Å². The van der Waals surface area contributed by atoms with Crippen molar-refractivity contribution in [2.45, 2.75) is 13.8 Å². The lowest BCUT2D eigenvalue weighted by Gasteiger charge is -2.09. The second-order valence-electron chi connectivity index (χ2n) is 5.30. The van der Waals surface area contributed by atoms with Gasteiger partial charge in [-0.25, -0.2) is 4.98 Å². The minimum atomic E-state index is 0.659. The van der Waals surface area contributed by atoms with Crippen molar-refractivity contribution in [3.05, 3.63) is 58.7 Å². The first-order valence-corrected chi connectivity index (χ1v) is 7.40. The maximum atomic E-state index is 6.34. The Morgan fingerprint density at radius 3 is 2.59 bits per heavy atom. The molecule has 0 spiro atoms. The lowest BCUT2D eigenvalue weighted by molar-refractivity contribution is 1.11. The highest BCUT2D eigenvalue weighted by atomic mass is 35.5. The van der Waals surface area contributed by atoms with Crippen LogP contribution in [0, 0.1) is 13.8 Å². The van der Waals surface area contributed by atoms with E-state index in [4.69, 9.17) is 11.6 Å². The van der Waals surface area contributed by atoms with Crippen LogP contribution in [0.4, 0.5) is 0 Å². The molecule has 0 amide bonds. The third kappa shape index (κ3) is 1.81. The number of aryl methyl sites for hydroxylation is 2. The van der Waals surface area contributed by atoms with Gasteiger partial charge in [0.2, 0.25) is 0 Å². The summed E-state index contributed by atoms with van der Waals surface area (Å²) in [7, 11) is 0. The van der Waals surface area contributed by atoms with E-state index in [9.17, 15) is 0 Å². The summed E-state index contributed by atoms with van der Waals surface area (Å²) < 4.78 is 2.03. The Morgan fingerprint density at radius 2 is 1.77 bits per heavy atom. The first-order chi connectivity index (χ1) is 10.7. The smallest absolute Gasteiger partial charge is 0.183 e. The summed E-state index contributed by atoms with van der Waals surface area (Å²) in [6, 6.07) is 13.8. The van der Waals surface area contributed by atoms with Gasteiger partial charge >= 0.3 is 0 Å².